The van der Waals surface area contributed by atoms with E-state index in [0.717, 1.165) is 10.2 Å². The maximum Gasteiger partial charge on any atom is 0.273 e. The summed E-state index contributed by atoms with van der Waals surface area (Å²) in [5, 5.41) is 18.2. The smallest absolute Gasteiger partial charge is 0.273 e. The van der Waals surface area contributed by atoms with E-state index in [-0.39, 0.29) is 23.7 Å². The Balaban J connectivity index is 1.80. The van der Waals surface area contributed by atoms with Crippen molar-refractivity contribution in [2.24, 2.45) is 0 Å². The first kappa shape index (κ1) is 20.0. The van der Waals surface area contributed by atoms with Crippen molar-refractivity contribution >= 4 is 28.9 Å². The fraction of sp³-hybridized carbons (Fsp3) is 0.105. The Morgan fingerprint density at radius 3 is 2.59 bits per heavy atom. The molecule has 0 aliphatic heterocycles. The number of anilines is 1. The molecule has 0 unspecified atom stereocenters. The molecule has 0 radical (unpaired) electrons. The van der Waals surface area contributed by atoms with Crippen LogP contribution in [0.3, 0.4) is 0 Å². The van der Waals surface area contributed by atoms with Gasteiger partial charge in [0.1, 0.15) is 12.3 Å². The molecule has 1 N–H and O–H groups in total. The van der Waals surface area contributed by atoms with Gasteiger partial charge in [0, 0.05) is 22.7 Å². The highest BCUT2D eigenvalue weighted by Crippen LogP contribution is 2.29. The molecule has 3 aromatic rings. The average Bonchev–Trinajstić information content (AvgIpc) is 2.70. The number of carbonyl (C=O) groups excluding carboxylic acids is 1. The highest BCUT2D eigenvalue weighted by Gasteiger charge is 2.14. The monoisotopic (exact) mass is 414 g/mol. The van der Waals surface area contributed by atoms with Crippen LogP contribution in [0.5, 0.6) is 5.75 Å². The Hall–Kier alpha value is -3.72. The fourth-order valence-electron chi connectivity index (χ4n) is 2.56. The first-order valence-electron chi connectivity index (χ1n) is 8.34. The Morgan fingerprint density at radius 2 is 1.93 bits per heavy atom. The number of carbonyl (C=O) groups is 1. The zero-order valence-electron chi connectivity index (χ0n) is 15.2. The van der Waals surface area contributed by atoms with E-state index in [1.165, 1.54) is 31.4 Å². The van der Waals surface area contributed by atoms with Crippen molar-refractivity contribution in [3.63, 3.8) is 0 Å². The summed E-state index contributed by atoms with van der Waals surface area (Å²) in [7, 11) is 1.33. The topological polar surface area (TPSA) is 116 Å². The summed E-state index contributed by atoms with van der Waals surface area (Å²) < 4.78 is 6.11. The minimum absolute atomic E-state index is 0.128. The third kappa shape index (κ3) is 4.77. The molecule has 2 aromatic carbocycles. The second-order valence-corrected chi connectivity index (χ2v) is 6.35. The summed E-state index contributed by atoms with van der Waals surface area (Å²) in [6.07, 6.45) is 0. The number of ether oxygens (including phenoxy) is 1. The van der Waals surface area contributed by atoms with E-state index in [1.54, 1.807) is 30.3 Å². The van der Waals surface area contributed by atoms with Crippen LogP contribution in [-0.4, -0.2) is 27.7 Å². The number of non-ortho nitro benzene ring substituents is 1. The first-order chi connectivity index (χ1) is 13.9. The molecule has 1 amide bonds. The molecule has 0 atom stereocenters. The minimum atomic E-state index is -0.570. The van der Waals surface area contributed by atoms with Gasteiger partial charge in [-0.2, -0.15) is 5.10 Å². The predicted molar refractivity (Wildman–Crippen MR) is 107 cm³/mol. The molecule has 29 heavy (non-hydrogen) atoms. The van der Waals surface area contributed by atoms with Gasteiger partial charge >= 0.3 is 0 Å². The molecule has 0 bridgehead atoms. The van der Waals surface area contributed by atoms with Gasteiger partial charge in [0.05, 0.1) is 29.5 Å². The highest BCUT2D eigenvalue weighted by molar-refractivity contribution is 6.30. The SMILES string of the molecule is COc1cc([N+](=O)[O-])ccc1NC(=O)Cn1nc(-c2ccc(Cl)cc2)ccc1=O. The second kappa shape index (κ2) is 8.53. The quantitative estimate of drug-likeness (QED) is 0.489. The molecule has 0 saturated carbocycles. The second-order valence-electron chi connectivity index (χ2n) is 5.91. The number of aromatic nitrogens is 2. The van der Waals surface area contributed by atoms with Crippen molar-refractivity contribution in [3.05, 3.63) is 80.1 Å². The summed E-state index contributed by atoms with van der Waals surface area (Å²) in [4.78, 5) is 34.8. The molecule has 1 heterocycles. The van der Waals surface area contributed by atoms with Crippen LogP contribution in [0.1, 0.15) is 0 Å². The molecule has 0 aliphatic rings. The fourth-order valence-corrected chi connectivity index (χ4v) is 2.69. The van der Waals surface area contributed by atoms with Crippen molar-refractivity contribution in [3.8, 4) is 17.0 Å². The largest absolute Gasteiger partial charge is 0.494 e. The van der Waals surface area contributed by atoms with E-state index in [1.807, 2.05) is 0 Å². The van der Waals surface area contributed by atoms with Crippen LogP contribution in [0.4, 0.5) is 11.4 Å². The van der Waals surface area contributed by atoms with Crippen LogP contribution < -0.4 is 15.6 Å². The number of benzene rings is 2. The normalized spacial score (nSPS) is 10.4. The van der Waals surface area contributed by atoms with E-state index in [2.05, 4.69) is 10.4 Å². The van der Waals surface area contributed by atoms with Crippen LogP contribution >= 0.6 is 11.6 Å². The third-order valence-corrected chi connectivity index (χ3v) is 4.22. The van der Waals surface area contributed by atoms with Gasteiger partial charge in [0.15, 0.2) is 0 Å². The molecule has 9 nitrogen and oxygen atoms in total. The first-order valence-corrected chi connectivity index (χ1v) is 8.71. The molecule has 0 saturated heterocycles. The van der Waals surface area contributed by atoms with Crippen molar-refractivity contribution in [2.75, 3.05) is 12.4 Å². The molecule has 0 aliphatic carbocycles. The summed E-state index contributed by atoms with van der Waals surface area (Å²) in [5.41, 5.74) is 0.856. The number of hydrogen-bond donors (Lipinski definition) is 1. The third-order valence-electron chi connectivity index (χ3n) is 3.97. The van der Waals surface area contributed by atoms with Gasteiger partial charge in [-0.15, -0.1) is 0 Å². The summed E-state index contributed by atoms with van der Waals surface area (Å²) >= 11 is 5.88. The van der Waals surface area contributed by atoms with Crippen LogP contribution in [-0.2, 0) is 11.3 Å². The lowest BCUT2D eigenvalue weighted by atomic mass is 10.1. The van der Waals surface area contributed by atoms with Gasteiger partial charge in [-0.3, -0.25) is 19.7 Å². The zero-order valence-corrected chi connectivity index (χ0v) is 15.9. The van der Waals surface area contributed by atoms with Crippen LogP contribution in [0.15, 0.2) is 59.4 Å². The number of amides is 1. The molecule has 1 aromatic heterocycles. The number of methoxy groups -OCH3 is 1. The van der Waals surface area contributed by atoms with E-state index < -0.39 is 16.4 Å². The maximum absolute atomic E-state index is 12.4. The van der Waals surface area contributed by atoms with E-state index in [9.17, 15) is 19.7 Å². The minimum Gasteiger partial charge on any atom is -0.494 e. The lowest BCUT2D eigenvalue weighted by Crippen LogP contribution is -2.29. The van der Waals surface area contributed by atoms with Crippen LogP contribution in [0, 0.1) is 10.1 Å². The number of halogens is 1. The Morgan fingerprint density at radius 1 is 1.21 bits per heavy atom. The maximum atomic E-state index is 12.4. The summed E-state index contributed by atoms with van der Waals surface area (Å²) in [6, 6.07) is 13.6. The number of nitro groups is 1. The zero-order chi connectivity index (χ0) is 21.0. The van der Waals surface area contributed by atoms with Crippen LogP contribution in [0.2, 0.25) is 5.02 Å². The van der Waals surface area contributed by atoms with Gasteiger partial charge in [-0.1, -0.05) is 23.7 Å². The Labute approximate surface area is 169 Å². The predicted octanol–water partition coefficient (Wildman–Crippen LogP) is 3.12. The highest BCUT2D eigenvalue weighted by atomic mass is 35.5. The number of nitro benzene ring substituents is 1. The lowest BCUT2D eigenvalue weighted by molar-refractivity contribution is -0.384. The summed E-state index contributed by atoms with van der Waals surface area (Å²) in [6.45, 7) is -0.347. The van der Waals surface area contributed by atoms with Crippen molar-refractivity contribution in [1.82, 2.24) is 9.78 Å². The standard InChI is InChI=1S/C19H15ClN4O5/c1-29-17-10-14(24(27)28)6-7-16(17)21-18(25)11-23-19(26)9-8-15(22-23)12-2-4-13(20)5-3-12/h2-10H,11H2,1H3,(H,21,25). The molecule has 0 fully saturated rings. The molecular formula is C19H15ClN4O5. The van der Waals surface area contributed by atoms with Gasteiger partial charge in [0.25, 0.3) is 11.2 Å². The molecule has 148 valence electrons. The number of hydrogen-bond acceptors (Lipinski definition) is 6. The van der Waals surface area contributed by atoms with Crippen LogP contribution in [0.25, 0.3) is 11.3 Å². The van der Waals surface area contributed by atoms with E-state index in [0.29, 0.717) is 10.7 Å². The molecular weight excluding hydrogens is 400 g/mol. The van der Waals surface area contributed by atoms with E-state index in [4.69, 9.17) is 16.3 Å². The lowest BCUT2D eigenvalue weighted by Gasteiger charge is -2.11. The van der Waals surface area contributed by atoms with Gasteiger partial charge in [-0.25, -0.2) is 4.68 Å². The average molecular weight is 415 g/mol. The number of rotatable bonds is 6. The summed E-state index contributed by atoms with van der Waals surface area (Å²) in [5.74, 6) is -0.414. The molecule has 0 spiro atoms. The van der Waals surface area contributed by atoms with Gasteiger partial charge in [0.2, 0.25) is 5.91 Å². The Kier molecular flexibility index (Phi) is 5.89. The molecule has 10 heteroatoms. The van der Waals surface area contributed by atoms with Gasteiger partial charge in [-0.05, 0) is 24.3 Å². The van der Waals surface area contributed by atoms with Crippen molar-refractivity contribution in [2.45, 2.75) is 6.54 Å². The number of nitrogens with zero attached hydrogens (tertiary/aromatic N) is 3. The number of nitrogens with one attached hydrogen (secondary N) is 1. The Bertz CT molecular complexity index is 1130. The van der Waals surface area contributed by atoms with Gasteiger partial charge < -0.3 is 10.1 Å². The molecule has 3 rings (SSSR count). The van der Waals surface area contributed by atoms with E-state index >= 15 is 0 Å². The van der Waals surface area contributed by atoms with Crippen molar-refractivity contribution in [1.29, 1.82) is 0 Å². The van der Waals surface area contributed by atoms with Crippen molar-refractivity contribution < 1.29 is 14.5 Å².